The molecule has 1 saturated carbocycles. The topological polar surface area (TPSA) is 9.23 Å². The van der Waals surface area contributed by atoms with Gasteiger partial charge in [-0.15, -0.1) is 11.6 Å². The van der Waals surface area contributed by atoms with E-state index in [0.29, 0.717) is 10.2 Å². The van der Waals surface area contributed by atoms with Crippen LogP contribution in [0.5, 0.6) is 5.75 Å². The van der Waals surface area contributed by atoms with Gasteiger partial charge in [0.25, 0.3) is 0 Å². The lowest BCUT2D eigenvalue weighted by molar-refractivity contribution is 0.123. The summed E-state index contributed by atoms with van der Waals surface area (Å²) in [5, 5.41) is 0.235. The van der Waals surface area contributed by atoms with Crippen LogP contribution in [0.3, 0.4) is 0 Å². The minimum Gasteiger partial charge on any atom is -0.489 e. The Labute approximate surface area is 95.3 Å². The van der Waals surface area contributed by atoms with E-state index in [1.165, 1.54) is 12.1 Å². The first-order valence-electron chi connectivity index (χ1n) is 4.41. The Bertz CT molecular complexity index is 339. The third-order valence-corrected chi connectivity index (χ3v) is 3.20. The smallest absolute Gasteiger partial charge is 0.134 e. The molecular formula is C10H9BrClFO. The van der Waals surface area contributed by atoms with E-state index in [-0.39, 0.29) is 17.3 Å². The summed E-state index contributed by atoms with van der Waals surface area (Å²) in [5.41, 5.74) is 0. The fourth-order valence-electron chi connectivity index (χ4n) is 1.35. The summed E-state index contributed by atoms with van der Waals surface area (Å²) in [6.45, 7) is 0. The first kappa shape index (κ1) is 10.2. The quantitative estimate of drug-likeness (QED) is 0.750. The molecule has 1 aromatic carbocycles. The molecule has 1 fully saturated rings. The van der Waals surface area contributed by atoms with E-state index in [4.69, 9.17) is 16.3 Å². The highest BCUT2D eigenvalue weighted by molar-refractivity contribution is 9.10. The average Bonchev–Trinajstić information content (AvgIpc) is 2.06. The van der Waals surface area contributed by atoms with Gasteiger partial charge in [0.2, 0.25) is 0 Å². The van der Waals surface area contributed by atoms with E-state index < -0.39 is 0 Å². The Balaban J connectivity index is 2.02. The van der Waals surface area contributed by atoms with Crippen molar-refractivity contribution in [2.75, 3.05) is 0 Å². The summed E-state index contributed by atoms with van der Waals surface area (Å²) in [4.78, 5) is 0. The van der Waals surface area contributed by atoms with E-state index >= 15 is 0 Å². The maximum absolute atomic E-state index is 12.7. The minimum absolute atomic E-state index is 0.180. The van der Waals surface area contributed by atoms with Gasteiger partial charge in [-0.25, -0.2) is 4.39 Å². The maximum Gasteiger partial charge on any atom is 0.134 e. The van der Waals surface area contributed by atoms with Crippen LogP contribution in [0.2, 0.25) is 0 Å². The van der Waals surface area contributed by atoms with Gasteiger partial charge >= 0.3 is 0 Å². The molecule has 76 valence electrons. The van der Waals surface area contributed by atoms with E-state index in [1.54, 1.807) is 6.07 Å². The third-order valence-electron chi connectivity index (χ3n) is 2.22. The maximum atomic E-state index is 12.7. The standard InChI is InChI=1S/C10H9BrClFO/c11-9-5-7(13)1-2-10(9)14-8-3-6(12)4-8/h1-2,5-6,8H,3-4H2. The SMILES string of the molecule is Fc1ccc(OC2CC(Cl)C2)c(Br)c1. The molecule has 4 heteroatoms. The van der Waals surface area contributed by atoms with Crippen molar-refractivity contribution in [3.63, 3.8) is 0 Å². The lowest BCUT2D eigenvalue weighted by Crippen LogP contribution is -2.34. The number of halogens is 3. The Morgan fingerprint density at radius 3 is 2.71 bits per heavy atom. The van der Waals surface area contributed by atoms with Gasteiger partial charge in [-0.05, 0) is 34.1 Å². The zero-order valence-electron chi connectivity index (χ0n) is 7.34. The molecule has 0 atom stereocenters. The van der Waals surface area contributed by atoms with Gasteiger partial charge in [0.05, 0.1) is 4.47 Å². The Kier molecular flexibility index (Phi) is 2.98. The Morgan fingerprint density at radius 1 is 1.43 bits per heavy atom. The van der Waals surface area contributed by atoms with Crippen LogP contribution in [0.15, 0.2) is 22.7 Å². The highest BCUT2D eigenvalue weighted by Gasteiger charge is 2.29. The molecule has 1 aromatic rings. The summed E-state index contributed by atoms with van der Waals surface area (Å²) in [6, 6.07) is 4.41. The molecule has 0 spiro atoms. The summed E-state index contributed by atoms with van der Waals surface area (Å²) in [5.74, 6) is 0.410. The first-order chi connectivity index (χ1) is 6.65. The second-order valence-corrected chi connectivity index (χ2v) is 4.85. The van der Waals surface area contributed by atoms with Gasteiger partial charge in [-0.3, -0.25) is 0 Å². The van der Waals surface area contributed by atoms with E-state index in [9.17, 15) is 4.39 Å². The summed E-state index contributed by atoms with van der Waals surface area (Å²) >= 11 is 9.07. The molecule has 0 amide bonds. The molecule has 1 aliphatic carbocycles. The number of rotatable bonds is 2. The Morgan fingerprint density at radius 2 is 2.14 bits per heavy atom. The highest BCUT2D eigenvalue weighted by Crippen LogP contribution is 2.33. The second kappa shape index (κ2) is 4.07. The zero-order chi connectivity index (χ0) is 10.1. The molecule has 0 saturated heterocycles. The van der Waals surface area contributed by atoms with Crippen molar-refractivity contribution < 1.29 is 9.13 Å². The highest BCUT2D eigenvalue weighted by atomic mass is 79.9. The molecule has 0 aliphatic heterocycles. The normalized spacial score (nSPS) is 25.6. The molecule has 0 unspecified atom stereocenters. The number of ether oxygens (including phenoxy) is 1. The molecule has 0 radical (unpaired) electrons. The van der Waals surface area contributed by atoms with Crippen molar-refractivity contribution in [1.29, 1.82) is 0 Å². The predicted molar refractivity (Wildman–Crippen MR) is 57.4 cm³/mol. The van der Waals surface area contributed by atoms with Crippen molar-refractivity contribution >= 4 is 27.5 Å². The largest absolute Gasteiger partial charge is 0.489 e. The number of benzene rings is 1. The van der Waals surface area contributed by atoms with Crippen molar-refractivity contribution in [1.82, 2.24) is 0 Å². The van der Waals surface area contributed by atoms with Crippen molar-refractivity contribution in [2.45, 2.75) is 24.3 Å². The fourth-order valence-corrected chi connectivity index (χ4v) is 2.19. The van der Waals surface area contributed by atoms with E-state index in [0.717, 1.165) is 12.8 Å². The fraction of sp³-hybridized carbons (Fsp3) is 0.400. The van der Waals surface area contributed by atoms with Crippen LogP contribution in [0.25, 0.3) is 0 Å². The van der Waals surface area contributed by atoms with Crippen LogP contribution in [0.1, 0.15) is 12.8 Å². The van der Waals surface area contributed by atoms with Crippen LogP contribution in [-0.2, 0) is 0 Å². The molecule has 0 bridgehead atoms. The van der Waals surface area contributed by atoms with Gasteiger partial charge in [0, 0.05) is 18.2 Å². The summed E-state index contributed by atoms with van der Waals surface area (Å²) < 4.78 is 19.0. The molecule has 0 N–H and O–H groups in total. The molecule has 0 aromatic heterocycles. The van der Waals surface area contributed by atoms with Gasteiger partial charge in [0.15, 0.2) is 0 Å². The van der Waals surface area contributed by atoms with Gasteiger partial charge in [-0.2, -0.15) is 0 Å². The second-order valence-electron chi connectivity index (χ2n) is 3.38. The minimum atomic E-state index is -0.270. The van der Waals surface area contributed by atoms with Gasteiger partial charge in [-0.1, -0.05) is 0 Å². The van der Waals surface area contributed by atoms with Crippen molar-refractivity contribution in [2.24, 2.45) is 0 Å². The lowest BCUT2D eigenvalue weighted by Gasteiger charge is -2.31. The number of hydrogen-bond donors (Lipinski definition) is 0. The van der Waals surface area contributed by atoms with Crippen LogP contribution < -0.4 is 4.74 Å². The average molecular weight is 280 g/mol. The molecule has 1 nitrogen and oxygen atoms in total. The lowest BCUT2D eigenvalue weighted by atomic mass is 9.95. The van der Waals surface area contributed by atoms with Gasteiger partial charge in [0.1, 0.15) is 17.7 Å². The number of hydrogen-bond acceptors (Lipinski definition) is 1. The molecule has 1 aliphatic rings. The van der Waals surface area contributed by atoms with Gasteiger partial charge < -0.3 is 4.74 Å². The Hall–Kier alpha value is -0.280. The summed E-state index contributed by atoms with van der Waals surface area (Å²) in [7, 11) is 0. The molecule has 2 rings (SSSR count). The molecular weight excluding hydrogens is 270 g/mol. The molecule has 14 heavy (non-hydrogen) atoms. The predicted octanol–water partition coefficient (Wildman–Crippen LogP) is 3.74. The monoisotopic (exact) mass is 278 g/mol. The van der Waals surface area contributed by atoms with Crippen LogP contribution in [-0.4, -0.2) is 11.5 Å². The summed E-state index contributed by atoms with van der Waals surface area (Å²) in [6.07, 6.45) is 1.91. The van der Waals surface area contributed by atoms with E-state index in [1.807, 2.05) is 0 Å². The number of alkyl halides is 1. The zero-order valence-corrected chi connectivity index (χ0v) is 9.69. The molecule has 0 heterocycles. The van der Waals surface area contributed by atoms with Crippen LogP contribution >= 0.6 is 27.5 Å². The van der Waals surface area contributed by atoms with Crippen LogP contribution in [0, 0.1) is 5.82 Å². The van der Waals surface area contributed by atoms with Crippen LogP contribution in [0.4, 0.5) is 4.39 Å². The first-order valence-corrected chi connectivity index (χ1v) is 5.64. The third kappa shape index (κ3) is 2.20. The van der Waals surface area contributed by atoms with Crippen molar-refractivity contribution in [3.05, 3.63) is 28.5 Å². The van der Waals surface area contributed by atoms with Crippen molar-refractivity contribution in [3.8, 4) is 5.75 Å². The van der Waals surface area contributed by atoms with E-state index in [2.05, 4.69) is 15.9 Å².